The third-order valence-corrected chi connectivity index (χ3v) is 4.04. The second-order valence-corrected chi connectivity index (χ2v) is 5.49. The molecule has 0 spiro atoms. The molecule has 2 rings (SSSR count). The molecule has 0 bridgehead atoms. The number of benzene rings is 1. The maximum absolute atomic E-state index is 11.0. The molecule has 2 atom stereocenters. The quantitative estimate of drug-likeness (QED) is 0.860. The van der Waals surface area contributed by atoms with Crippen LogP contribution < -0.4 is 11.1 Å². The zero-order valence-electron chi connectivity index (χ0n) is 11.7. The second-order valence-electron chi connectivity index (χ2n) is 5.49. The fourth-order valence-corrected chi connectivity index (χ4v) is 2.52. The molecule has 4 heteroatoms. The van der Waals surface area contributed by atoms with Gasteiger partial charge in [0.25, 0.3) is 0 Å². The van der Waals surface area contributed by atoms with Gasteiger partial charge >= 0.3 is 0 Å². The molecule has 1 saturated heterocycles. The lowest BCUT2D eigenvalue weighted by Gasteiger charge is -2.35. The van der Waals surface area contributed by atoms with E-state index in [0.29, 0.717) is 17.6 Å². The van der Waals surface area contributed by atoms with Crippen LogP contribution in [0.1, 0.15) is 35.7 Å². The van der Waals surface area contributed by atoms with Gasteiger partial charge in [-0.2, -0.15) is 0 Å². The third kappa shape index (κ3) is 3.78. The number of hydrogen-bond acceptors (Lipinski definition) is 3. The van der Waals surface area contributed by atoms with Gasteiger partial charge in [0.15, 0.2) is 0 Å². The van der Waals surface area contributed by atoms with E-state index in [9.17, 15) is 4.79 Å². The highest BCUT2D eigenvalue weighted by atomic mass is 16.1. The van der Waals surface area contributed by atoms with E-state index >= 15 is 0 Å². The SMILES string of the molecule is CC1CC(NCc2ccc(C(N)=O)cc2)CCN1C. The fraction of sp³-hybridized carbons (Fsp3) is 0.533. The molecular formula is C15H23N3O. The van der Waals surface area contributed by atoms with Gasteiger partial charge in [-0.3, -0.25) is 4.79 Å². The average molecular weight is 261 g/mol. The minimum atomic E-state index is -0.372. The van der Waals surface area contributed by atoms with Crippen LogP contribution in [0.25, 0.3) is 0 Å². The van der Waals surface area contributed by atoms with E-state index < -0.39 is 0 Å². The van der Waals surface area contributed by atoms with Crippen molar-refractivity contribution in [3.05, 3.63) is 35.4 Å². The summed E-state index contributed by atoms with van der Waals surface area (Å²) in [5, 5.41) is 3.59. The standard InChI is InChI=1S/C15H23N3O/c1-11-9-14(7-8-18(11)2)17-10-12-3-5-13(6-4-12)15(16)19/h3-6,11,14,17H,7-10H2,1-2H3,(H2,16,19). The Kier molecular flexibility index (Phi) is 4.56. The average Bonchev–Trinajstić information content (AvgIpc) is 2.40. The van der Waals surface area contributed by atoms with Crippen LogP contribution in [0.4, 0.5) is 0 Å². The highest BCUT2D eigenvalue weighted by molar-refractivity contribution is 5.92. The second kappa shape index (κ2) is 6.17. The molecule has 1 aliphatic heterocycles. The van der Waals surface area contributed by atoms with Crippen LogP contribution in [0, 0.1) is 0 Å². The number of carbonyl (C=O) groups is 1. The Morgan fingerprint density at radius 1 is 1.42 bits per heavy atom. The molecule has 1 amide bonds. The van der Waals surface area contributed by atoms with Gasteiger partial charge in [-0.05, 0) is 51.1 Å². The topological polar surface area (TPSA) is 58.4 Å². The molecule has 19 heavy (non-hydrogen) atoms. The van der Waals surface area contributed by atoms with Crippen LogP contribution in [0.15, 0.2) is 24.3 Å². The number of primary amides is 1. The zero-order valence-corrected chi connectivity index (χ0v) is 11.7. The maximum Gasteiger partial charge on any atom is 0.248 e. The highest BCUT2D eigenvalue weighted by Crippen LogP contribution is 2.15. The molecule has 3 N–H and O–H groups in total. The first-order chi connectivity index (χ1) is 9.06. The van der Waals surface area contributed by atoms with Gasteiger partial charge in [0.1, 0.15) is 0 Å². The van der Waals surface area contributed by atoms with Crippen LogP contribution >= 0.6 is 0 Å². The molecule has 1 heterocycles. The van der Waals surface area contributed by atoms with Crippen molar-refractivity contribution >= 4 is 5.91 Å². The predicted molar refractivity (Wildman–Crippen MR) is 76.9 cm³/mol. The first-order valence-electron chi connectivity index (χ1n) is 6.88. The van der Waals surface area contributed by atoms with E-state index in [1.54, 1.807) is 12.1 Å². The Bertz CT molecular complexity index is 430. The molecule has 0 aromatic heterocycles. The lowest BCUT2D eigenvalue weighted by Crippen LogP contribution is -2.45. The van der Waals surface area contributed by atoms with E-state index in [0.717, 1.165) is 13.1 Å². The molecule has 1 fully saturated rings. The Balaban J connectivity index is 1.83. The van der Waals surface area contributed by atoms with Crippen LogP contribution in [-0.2, 0) is 6.54 Å². The number of nitrogens with two attached hydrogens (primary N) is 1. The van der Waals surface area contributed by atoms with Gasteiger partial charge in [-0.25, -0.2) is 0 Å². The van der Waals surface area contributed by atoms with Crippen molar-refractivity contribution in [2.24, 2.45) is 5.73 Å². The first kappa shape index (κ1) is 14.0. The van der Waals surface area contributed by atoms with Crippen LogP contribution in [0.3, 0.4) is 0 Å². The summed E-state index contributed by atoms with van der Waals surface area (Å²) in [4.78, 5) is 13.4. The van der Waals surface area contributed by atoms with E-state index in [4.69, 9.17) is 5.73 Å². The molecule has 2 unspecified atom stereocenters. The van der Waals surface area contributed by atoms with E-state index in [2.05, 4.69) is 24.2 Å². The Morgan fingerprint density at radius 3 is 2.68 bits per heavy atom. The molecule has 0 saturated carbocycles. The number of likely N-dealkylation sites (tertiary alicyclic amines) is 1. The van der Waals surface area contributed by atoms with Gasteiger partial charge in [0, 0.05) is 24.2 Å². The van der Waals surface area contributed by atoms with Crippen molar-refractivity contribution in [2.45, 2.75) is 38.4 Å². The fourth-order valence-electron chi connectivity index (χ4n) is 2.52. The van der Waals surface area contributed by atoms with Crippen molar-refractivity contribution < 1.29 is 4.79 Å². The van der Waals surface area contributed by atoms with Gasteiger partial charge in [-0.15, -0.1) is 0 Å². The Hall–Kier alpha value is -1.39. The number of carbonyl (C=O) groups excluding carboxylic acids is 1. The number of rotatable bonds is 4. The van der Waals surface area contributed by atoms with Crippen molar-refractivity contribution in [3.8, 4) is 0 Å². The van der Waals surface area contributed by atoms with E-state index in [1.165, 1.54) is 18.4 Å². The van der Waals surface area contributed by atoms with Gasteiger partial charge in [0.05, 0.1) is 0 Å². The first-order valence-corrected chi connectivity index (χ1v) is 6.88. The van der Waals surface area contributed by atoms with Crippen molar-refractivity contribution in [1.82, 2.24) is 10.2 Å². The summed E-state index contributed by atoms with van der Waals surface area (Å²) in [6.45, 7) is 4.27. The monoisotopic (exact) mass is 261 g/mol. The molecule has 1 aromatic carbocycles. The summed E-state index contributed by atoms with van der Waals surface area (Å²) < 4.78 is 0. The summed E-state index contributed by atoms with van der Waals surface area (Å²) in [5.74, 6) is -0.372. The minimum Gasteiger partial charge on any atom is -0.366 e. The molecule has 1 aliphatic rings. The number of piperidine rings is 1. The molecule has 1 aromatic rings. The van der Waals surface area contributed by atoms with Crippen LogP contribution in [-0.4, -0.2) is 36.5 Å². The minimum absolute atomic E-state index is 0.372. The summed E-state index contributed by atoms with van der Waals surface area (Å²) in [7, 11) is 2.18. The smallest absolute Gasteiger partial charge is 0.248 e. The largest absolute Gasteiger partial charge is 0.366 e. The number of amides is 1. The van der Waals surface area contributed by atoms with Crippen LogP contribution in [0.5, 0.6) is 0 Å². The van der Waals surface area contributed by atoms with Gasteiger partial charge in [0.2, 0.25) is 5.91 Å². The molecular weight excluding hydrogens is 238 g/mol. The maximum atomic E-state index is 11.0. The van der Waals surface area contributed by atoms with Crippen molar-refractivity contribution in [3.63, 3.8) is 0 Å². The lowest BCUT2D eigenvalue weighted by atomic mass is 9.98. The molecule has 4 nitrogen and oxygen atoms in total. The summed E-state index contributed by atoms with van der Waals surface area (Å²) in [5.41, 5.74) is 6.98. The summed E-state index contributed by atoms with van der Waals surface area (Å²) in [6, 6.07) is 8.73. The normalized spacial score (nSPS) is 24.3. The van der Waals surface area contributed by atoms with Gasteiger partial charge in [-0.1, -0.05) is 12.1 Å². The van der Waals surface area contributed by atoms with Crippen LogP contribution in [0.2, 0.25) is 0 Å². The Morgan fingerprint density at radius 2 is 2.11 bits per heavy atom. The third-order valence-electron chi connectivity index (χ3n) is 4.04. The Labute approximate surface area is 115 Å². The summed E-state index contributed by atoms with van der Waals surface area (Å²) in [6.07, 6.45) is 2.38. The van der Waals surface area contributed by atoms with E-state index in [-0.39, 0.29) is 5.91 Å². The lowest BCUT2D eigenvalue weighted by molar-refractivity contribution is 0.100. The van der Waals surface area contributed by atoms with Gasteiger partial charge < -0.3 is 16.0 Å². The van der Waals surface area contributed by atoms with Crippen molar-refractivity contribution in [2.75, 3.05) is 13.6 Å². The number of nitrogens with one attached hydrogen (secondary N) is 1. The zero-order chi connectivity index (χ0) is 13.8. The summed E-state index contributed by atoms with van der Waals surface area (Å²) >= 11 is 0. The number of nitrogens with zero attached hydrogens (tertiary/aromatic N) is 1. The van der Waals surface area contributed by atoms with E-state index in [1.807, 2.05) is 12.1 Å². The molecule has 0 radical (unpaired) electrons. The molecule has 104 valence electrons. The predicted octanol–water partition coefficient (Wildman–Crippen LogP) is 1.36. The highest BCUT2D eigenvalue weighted by Gasteiger charge is 2.21. The van der Waals surface area contributed by atoms with Crippen molar-refractivity contribution in [1.29, 1.82) is 0 Å². The number of hydrogen-bond donors (Lipinski definition) is 2. The molecule has 0 aliphatic carbocycles.